The second-order valence-electron chi connectivity index (χ2n) is 3.61. The molecule has 0 atom stereocenters. The summed E-state index contributed by atoms with van der Waals surface area (Å²) in [6.07, 6.45) is 5.52. The number of hydrogen-bond donors (Lipinski definition) is 1. The van der Waals surface area contributed by atoms with Gasteiger partial charge >= 0.3 is 0 Å². The SMILES string of the molecule is CCCCNCC1CCSCC1. The molecule has 0 aromatic carbocycles. The molecule has 0 bridgehead atoms. The molecule has 1 N–H and O–H groups in total. The molecule has 0 spiro atoms. The lowest BCUT2D eigenvalue weighted by Crippen LogP contribution is -2.26. The minimum Gasteiger partial charge on any atom is -0.316 e. The Morgan fingerprint density at radius 3 is 2.75 bits per heavy atom. The summed E-state index contributed by atoms with van der Waals surface area (Å²) < 4.78 is 0. The Morgan fingerprint density at radius 1 is 1.33 bits per heavy atom. The molecule has 0 radical (unpaired) electrons. The van der Waals surface area contributed by atoms with Crippen LogP contribution in [0.1, 0.15) is 32.6 Å². The summed E-state index contributed by atoms with van der Waals surface area (Å²) in [5.74, 6) is 3.75. The highest BCUT2D eigenvalue weighted by Gasteiger charge is 2.12. The fourth-order valence-corrected chi connectivity index (χ4v) is 2.76. The molecule has 1 rings (SSSR count). The summed E-state index contributed by atoms with van der Waals surface area (Å²) >= 11 is 2.11. The molecule has 12 heavy (non-hydrogen) atoms. The molecule has 2 heteroatoms. The van der Waals surface area contributed by atoms with Crippen LogP contribution in [0, 0.1) is 5.92 Å². The molecule has 0 aromatic heterocycles. The summed E-state index contributed by atoms with van der Waals surface area (Å²) in [7, 11) is 0. The molecule has 0 amide bonds. The van der Waals surface area contributed by atoms with Gasteiger partial charge in [0.05, 0.1) is 0 Å². The standard InChI is InChI=1S/C10H21NS/c1-2-3-6-11-9-10-4-7-12-8-5-10/h10-11H,2-9H2,1H3. The van der Waals surface area contributed by atoms with Crippen molar-refractivity contribution in [3.8, 4) is 0 Å². The maximum Gasteiger partial charge on any atom is -0.00199 e. The third-order valence-corrected chi connectivity index (χ3v) is 3.53. The highest BCUT2D eigenvalue weighted by molar-refractivity contribution is 7.99. The van der Waals surface area contributed by atoms with Gasteiger partial charge in [-0.3, -0.25) is 0 Å². The van der Waals surface area contributed by atoms with Crippen molar-refractivity contribution in [1.29, 1.82) is 0 Å². The molecule has 0 unspecified atom stereocenters. The first kappa shape index (κ1) is 10.4. The van der Waals surface area contributed by atoms with Crippen LogP contribution in [0.4, 0.5) is 0 Å². The van der Waals surface area contributed by atoms with E-state index in [-0.39, 0.29) is 0 Å². The Kier molecular flexibility index (Phi) is 5.88. The minimum absolute atomic E-state index is 0.975. The van der Waals surface area contributed by atoms with Crippen LogP contribution in [0.15, 0.2) is 0 Å². The van der Waals surface area contributed by atoms with Crippen molar-refractivity contribution in [2.24, 2.45) is 5.92 Å². The molecular formula is C10H21NS. The molecule has 1 nitrogen and oxygen atoms in total. The third kappa shape index (κ3) is 4.36. The van der Waals surface area contributed by atoms with Crippen molar-refractivity contribution >= 4 is 11.8 Å². The van der Waals surface area contributed by atoms with Gasteiger partial charge in [0.2, 0.25) is 0 Å². The quantitative estimate of drug-likeness (QED) is 0.664. The first-order chi connectivity index (χ1) is 5.93. The summed E-state index contributed by atoms with van der Waals surface area (Å²) in [5, 5.41) is 3.55. The Hall–Kier alpha value is 0.310. The summed E-state index contributed by atoms with van der Waals surface area (Å²) in [5.41, 5.74) is 0. The first-order valence-electron chi connectivity index (χ1n) is 5.22. The second-order valence-corrected chi connectivity index (χ2v) is 4.84. The van der Waals surface area contributed by atoms with E-state index in [1.54, 1.807) is 0 Å². The molecular weight excluding hydrogens is 166 g/mol. The van der Waals surface area contributed by atoms with E-state index in [0.717, 1.165) is 5.92 Å². The molecule has 1 heterocycles. The zero-order valence-electron chi connectivity index (χ0n) is 8.14. The van der Waals surface area contributed by atoms with Crippen molar-refractivity contribution < 1.29 is 0 Å². The van der Waals surface area contributed by atoms with Gasteiger partial charge in [0.15, 0.2) is 0 Å². The van der Waals surface area contributed by atoms with Crippen LogP contribution < -0.4 is 5.32 Å². The van der Waals surface area contributed by atoms with Gasteiger partial charge in [0, 0.05) is 0 Å². The Morgan fingerprint density at radius 2 is 2.08 bits per heavy atom. The van der Waals surface area contributed by atoms with Crippen molar-refractivity contribution in [3.05, 3.63) is 0 Å². The molecule has 72 valence electrons. The van der Waals surface area contributed by atoms with E-state index in [2.05, 4.69) is 24.0 Å². The van der Waals surface area contributed by atoms with E-state index >= 15 is 0 Å². The number of unbranched alkanes of at least 4 members (excludes halogenated alkanes) is 1. The van der Waals surface area contributed by atoms with Crippen LogP contribution in [-0.4, -0.2) is 24.6 Å². The summed E-state index contributed by atoms with van der Waals surface area (Å²) in [6.45, 7) is 4.74. The Balaban J connectivity index is 1.91. The van der Waals surface area contributed by atoms with E-state index in [9.17, 15) is 0 Å². The van der Waals surface area contributed by atoms with Crippen LogP contribution in [0.25, 0.3) is 0 Å². The van der Waals surface area contributed by atoms with Gasteiger partial charge in [0.1, 0.15) is 0 Å². The Bertz CT molecular complexity index is 100. The fourth-order valence-electron chi connectivity index (χ4n) is 1.56. The fraction of sp³-hybridized carbons (Fsp3) is 1.00. The monoisotopic (exact) mass is 187 g/mol. The average Bonchev–Trinajstić information content (AvgIpc) is 2.14. The largest absolute Gasteiger partial charge is 0.316 e. The molecule has 0 saturated carbocycles. The topological polar surface area (TPSA) is 12.0 Å². The number of nitrogens with one attached hydrogen (secondary N) is 1. The highest BCUT2D eigenvalue weighted by atomic mass is 32.2. The van der Waals surface area contributed by atoms with Gasteiger partial charge in [-0.2, -0.15) is 11.8 Å². The van der Waals surface area contributed by atoms with Crippen LogP contribution in [0.3, 0.4) is 0 Å². The van der Waals surface area contributed by atoms with Gasteiger partial charge < -0.3 is 5.32 Å². The van der Waals surface area contributed by atoms with E-state index in [1.165, 1.54) is 50.3 Å². The van der Waals surface area contributed by atoms with E-state index in [1.807, 2.05) is 0 Å². The van der Waals surface area contributed by atoms with E-state index in [0.29, 0.717) is 0 Å². The molecule has 1 fully saturated rings. The zero-order valence-corrected chi connectivity index (χ0v) is 8.96. The van der Waals surface area contributed by atoms with Crippen molar-refractivity contribution in [2.45, 2.75) is 32.6 Å². The highest BCUT2D eigenvalue weighted by Crippen LogP contribution is 2.21. The van der Waals surface area contributed by atoms with Crippen LogP contribution in [-0.2, 0) is 0 Å². The summed E-state index contributed by atoms with van der Waals surface area (Å²) in [4.78, 5) is 0. The molecule has 1 aliphatic rings. The summed E-state index contributed by atoms with van der Waals surface area (Å²) in [6, 6.07) is 0. The molecule has 1 aliphatic heterocycles. The van der Waals surface area contributed by atoms with E-state index in [4.69, 9.17) is 0 Å². The van der Waals surface area contributed by atoms with Gasteiger partial charge in [-0.1, -0.05) is 13.3 Å². The number of hydrogen-bond acceptors (Lipinski definition) is 2. The molecule has 1 saturated heterocycles. The lowest BCUT2D eigenvalue weighted by atomic mass is 10.0. The maximum absolute atomic E-state index is 3.55. The van der Waals surface area contributed by atoms with Crippen LogP contribution >= 0.6 is 11.8 Å². The first-order valence-corrected chi connectivity index (χ1v) is 6.37. The van der Waals surface area contributed by atoms with Gasteiger partial charge in [-0.25, -0.2) is 0 Å². The van der Waals surface area contributed by atoms with Gasteiger partial charge in [-0.05, 0) is 49.8 Å². The lowest BCUT2D eigenvalue weighted by molar-refractivity contribution is 0.445. The lowest BCUT2D eigenvalue weighted by Gasteiger charge is -2.21. The Labute approximate surface area is 80.7 Å². The predicted molar refractivity (Wildman–Crippen MR) is 57.8 cm³/mol. The van der Waals surface area contributed by atoms with Gasteiger partial charge in [-0.15, -0.1) is 0 Å². The van der Waals surface area contributed by atoms with Crippen molar-refractivity contribution in [3.63, 3.8) is 0 Å². The molecule has 0 aromatic rings. The molecule has 0 aliphatic carbocycles. The number of rotatable bonds is 5. The van der Waals surface area contributed by atoms with E-state index < -0.39 is 0 Å². The minimum atomic E-state index is 0.975. The van der Waals surface area contributed by atoms with Crippen LogP contribution in [0.2, 0.25) is 0 Å². The average molecular weight is 187 g/mol. The number of thioether (sulfide) groups is 1. The maximum atomic E-state index is 3.55. The van der Waals surface area contributed by atoms with Crippen LogP contribution in [0.5, 0.6) is 0 Å². The van der Waals surface area contributed by atoms with Crippen molar-refractivity contribution in [2.75, 3.05) is 24.6 Å². The second kappa shape index (κ2) is 6.79. The van der Waals surface area contributed by atoms with Gasteiger partial charge in [0.25, 0.3) is 0 Å². The predicted octanol–water partition coefficient (Wildman–Crippen LogP) is 2.52. The third-order valence-electron chi connectivity index (χ3n) is 2.48. The smallest absolute Gasteiger partial charge is 0.00199 e. The van der Waals surface area contributed by atoms with Crippen molar-refractivity contribution in [1.82, 2.24) is 5.32 Å². The normalized spacial score (nSPS) is 19.8. The zero-order chi connectivity index (χ0) is 8.65.